The van der Waals surface area contributed by atoms with Crippen LogP contribution in [0.4, 0.5) is 4.39 Å². The normalized spacial score (nSPS) is 14.0. The summed E-state index contributed by atoms with van der Waals surface area (Å²) < 4.78 is 12.9. The average Bonchev–Trinajstić information content (AvgIpc) is 2.42. The second kappa shape index (κ2) is 8.39. The van der Waals surface area contributed by atoms with Crippen LogP contribution in [0.3, 0.4) is 0 Å². The molecule has 1 aromatic rings. The molecule has 0 heterocycles. The summed E-state index contributed by atoms with van der Waals surface area (Å²) in [5.41, 5.74) is -0.622. The third-order valence-corrected chi connectivity index (χ3v) is 4.16. The van der Waals surface area contributed by atoms with Crippen molar-refractivity contribution in [3.05, 3.63) is 35.6 Å². The highest BCUT2D eigenvalue weighted by atomic mass is 32.2. The van der Waals surface area contributed by atoms with Gasteiger partial charge >= 0.3 is 0 Å². The standard InChI is InChI=1S/C16H24FNO2S/c1-12(2)8-9-21-10-15(19)18-11-16(3,20)13-4-6-14(17)7-5-13/h4-7,12,20H,8-11H2,1-3H3,(H,18,19). The van der Waals surface area contributed by atoms with Gasteiger partial charge in [-0.15, -0.1) is 0 Å². The molecule has 0 fully saturated rings. The molecule has 0 spiro atoms. The Bertz CT molecular complexity index is 446. The zero-order chi connectivity index (χ0) is 15.9. The molecule has 0 aliphatic rings. The summed E-state index contributed by atoms with van der Waals surface area (Å²) in [4.78, 5) is 11.7. The predicted molar refractivity (Wildman–Crippen MR) is 85.8 cm³/mol. The van der Waals surface area contributed by atoms with E-state index in [0.29, 0.717) is 17.2 Å². The number of benzene rings is 1. The van der Waals surface area contributed by atoms with Gasteiger partial charge in [-0.2, -0.15) is 11.8 Å². The van der Waals surface area contributed by atoms with E-state index in [4.69, 9.17) is 0 Å². The lowest BCUT2D eigenvalue weighted by Crippen LogP contribution is -2.39. The molecule has 0 saturated heterocycles. The van der Waals surface area contributed by atoms with Crippen molar-refractivity contribution in [2.75, 3.05) is 18.1 Å². The molecule has 0 aliphatic heterocycles. The van der Waals surface area contributed by atoms with Crippen molar-refractivity contribution in [2.45, 2.75) is 32.8 Å². The number of nitrogens with one attached hydrogen (secondary N) is 1. The molecule has 0 radical (unpaired) electrons. The van der Waals surface area contributed by atoms with E-state index in [0.717, 1.165) is 12.2 Å². The van der Waals surface area contributed by atoms with Gasteiger partial charge in [0.25, 0.3) is 0 Å². The zero-order valence-electron chi connectivity index (χ0n) is 12.9. The summed E-state index contributed by atoms with van der Waals surface area (Å²) in [5, 5.41) is 13.0. The molecule has 0 aromatic heterocycles. The summed E-state index contributed by atoms with van der Waals surface area (Å²) >= 11 is 1.59. The molecule has 2 N–H and O–H groups in total. The van der Waals surface area contributed by atoms with Crippen LogP contribution in [0, 0.1) is 11.7 Å². The van der Waals surface area contributed by atoms with Gasteiger partial charge in [-0.25, -0.2) is 4.39 Å². The van der Waals surface area contributed by atoms with E-state index < -0.39 is 5.60 Å². The number of halogens is 1. The Kier molecular flexibility index (Phi) is 7.18. The van der Waals surface area contributed by atoms with E-state index in [9.17, 15) is 14.3 Å². The molecule has 21 heavy (non-hydrogen) atoms. The lowest BCUT2D eigenvalue weighted by Gasteiger charge is -2.24. The van der Waals surface area contributed by atoms with Crippen molar-refractivity contribution >= 4 is 17.7 Å². The van der Waals surface area contributed by atoms with Crippen LogP contribution in [0.25, 0.3) is 0 Å². The van der Waals surface area contributed by atoms with Gasteiger partial charge in [0.15, 0.2) is 0 Å². The Labute approximate surface area is 130 Å². The fraction of sp³-hybridized carbons (Fsp3) is 0.562. The van der Waals surface area contributed by atoms with Crippen LogP contribution in [0.1, 0.15) is 32.8 Å². The summed E-state index contributed by atoms with van der Waals surface area (Å²) in [7, 11) is 0. The van der Waals surface area contributed by atoms with Gasteiger partial charge in [0, 0.05) is 0 Å². The third-order valence-electron chi connectivity index (χ3n) is 3.17. The summed E-state index contributed by atoms with van der Waals surface area (Å²) in [6, 6.07) is 5.65. The number of rotatable bonds is 8. The summed E-state index contributed by atoms with van der Waals surface area (Å²) in [5.74, 6) is 1.55. The first-order chi connectivity index (χ1) is 9.81. The van der Waals surface area contributed by atoms with Crippen molar-refractivity contribution in [3.8, 4) is 0 Å². The van der Waals surface area contributed by atoms with Crippen LogP contribution in [-0.4, -0.2) is 29.1 Å². The molecule has 5 heteroatoms. The Morgan fingerprint density at radius 1 is 1.38 bits per heavy atom. The number of carbonyl (C=O) groups is 1. The molecule has 1 unspecified atom stereocenters. The van der Waals surface area contributed by atoms with Gasteiger partial charge < -0.3 is 10.4 Å². The lowest BCUT2D eigenvalue weighted by molar-refractivity contribution is -0.119. The van der Waals surface area contributed by atoms with E-state index in [1.807, 2.05) is 0 Å². The fourth-order valence-electron chi connectivity index (χ4n) is 1.72. The van der Waals surface area contributed by atoms with E-state index in [-0.39, 0.29) is 18.3 Å². The monoisotopic (exact) mass is 313 g/mol. The molecule has 0 bridgehead atoms. The van der Waals surface area contributed by atoms with Crippen molar-refractivity contribution in [1.29, 1.82) is 0 Å². The maximum Gasteiger partial charge on any atom is 0.230 e. The van der Waals surface area contributed by atoms with Gasteiger partial charge in [0.05, 0.1) is 12.3 Å². The number of thioether (sulfide) groups is 1. The first-order valence-electron chi connectivity index (χ1n) is 7.14. The molecule has 3 nitrogen and oxygen atoms in total. The Morgan fingerprint density at radius 2 is 2.00 bits per heavy atom. The molecule has 1 atom stereocenters. The number of hydrogen-bond acceptors (Lipinski definition) is 3. The minimum Gasteiger partial charge on any atom is -0.384 e. The number of hydrogen-bond donors (Lipinski definition) is 2. The highest BCUT2D eigenvalue weighted by Crippen LogP contribution is 2.20. The number of aliphatic hydroxyl groups is 1. The topological polar surface area (TPSA) is 49.3 Å². The number of carbonyl (C=O) groups excluding carboxylic acids is 1. The summed E-state index contributed by atoms with van der Waals surface area (Å²) in [6.45, 7) is 6.02. The highest BCUT2D eigenvalue weighted by molar-refractivity contribution is 7.99. The van der Waals surface area contributed by atoms with Crippen LogP contribution in [0.2, 0.25) is 0 Å². The maximum absolute atomic E-state index is 12.9. The van der Waals surface area contributed by atoms with E-state index in [1.165, 1.54) is 24.3 Å². The molecule has 118 valence electrons. The Morgan fingerprint density at radius 3 is 2.57 bits per heavy atom. The smallest absolute Gasteiger partial charge is 0.230 e. The van der Waals surface area contributed by atoms with Gasteiger partial charge in [-0.05, 0) is 42.7 Å². The van der Waals surface area contributed by atoms with Gasteiger partial charge in [0.2, 0.25) is 5.91 Å². The van der Waals surface area contributed by atoms with E-state index in [1.54, 1.807) is 18.7 Å². The van der Waals surface area contributed by atoms with Crippen molar-refractivity contribution < 1.29 is 14.3 Å². The first-order valence-corrected chi connectivity index (χ1v) is 8.29. The molecule has 1 aromatic carbocycles. The molecule has 1 amide bonds. The lowest BCUT2D eigenvalue weighted by atomic mass is 9.96. The van der Waals surface area contributed by atoms with Crippen molar-refractivity contribution in [2.24, 2.45) is 5.92 Å². The van der Waals surface area contributed by atoms with Gasteiger partial charge in [0.1, 0.15) is 11.4 Å². The number of amides is 1. The molecule has 0 aliphatic carbocycles. The van der Waals surface area contributed by atoms with Crippen LogP contribution in [-0.2, 0) is 10.4 Å². The van der Waals surface area contributed by atoms with Gasteiger partial charge in [-0.1, -0.05) is 26.0 Å². The molecular formula is C16H24FNO2S. The minimum absolute atomic E-state index is 0.0915. The van der Waals surface area contributed by atoms with Crippen LogP contribution in [0.15, 0.2) is 24.3 Å². The van der Waals surface area contributed by atoms with Crippen LogP contribution >= 0.6 is 11.8 Å². The maximum atomic E-state index is 12.9. The van der Waals surface area contributed by atoms with Crippen LogP contribution in [0.5, 0.6) is 0 Å². The van der Waals surface area contributed by atoms with E-state index >= 15 is 0 Å². The fourth-order valence-corrected chi connectivity index (χ4v) is 2.79. The second-order valence-electron chi connectivity index (χ2n) is 5.79. The molecule has 1 rings (SSSR count). The van der Waals surface area contributed by atoms with Crippen LogP contribution < -0.4 is 5.32 Å². The first kappa shape index (κ1) is 18.0. The quantitative estimate of drug-likeness (QED) is 0.726. The second-order valence-corrected chi connectivity index (χ2v) is 6.90. The minimum atomic E-state index is -1.20. The Hall–Kier alpha value is -1.07. The van der Waals surface area contributed by atoms with Gasteiger partial charge in [-0.3, -0.25) is 4.79 Å². The predicted octanol–water partition coefficient (Wildman–Crippen LogP) is 2.93. The SMILES string of the molecule is CC(C)CCSCC(=O)NCC(C)(O)c1ccc(F)cc1. The van der Waals surface area contributed by atoms with Crippen molar-refractivity contribution in [1.82, 2.24) is 5.32 Å². The molecule has 0 saturated carbocycles. The Balaban J connectivity index is 2.35. The van der Waals surface area contributed by atoms with Crippen molar-refractivity contribution in [3.63, 3.8) is 0 Å². The zero-order valence-corrected chi connectivity index (χ0v) is 13.7. The largest absolute Gasteiger partial charge is 0.384 e. The van der Waals surface area contributed by atoms with E-state index in [2.05, 4.69) is 19.2 Å². The molecular weight excluding hydrogens is 289 g/mol. The summed E-state index contributed by atoms with van der Waals surface area (Å²) in [6.07, 6.45) is 1.09. The highest BCUT2D eigenvalue weighted by Gasteiger charge is 2.23. The third kappa shape index (κ3) is 6.96. The average molecular weight is 313 g/mol.